The monoisotopic (exact) mass is 347 g/mol. The van der Waals surface area contributed by atoms with Crippen LogP contribution in [0.5, 0.6) is 0 Å². The minimum atomic E-state index is -4.33. The van der Waals surface area contributed by atoms with E-state index in [0.717, 1.165) is 0 Å². The smallest absolute Gasteiger partial charge is 0.294 e. The molecule has 2 rings (SSSR count). The molecular weight excluding hydrogens is 330 g/mol. The van der Waals surface area contributed by atoms with Gasteiger partial charge < -0.3 is 4.90 Å². The molecule has 0 saturated heterocycles. The summed E-state index contributed by atoms with van der Waals surface area (Å²) in [4.78, 5) is 1.39. The standard InChI is InChI=1S/C13H17NO6S2/c1-9-13(2,3)11-8-10(22(18,19)20)4-5-12(11)14(9)6-7-21(15,16)17/h4-5,8H,1,6-7H2,2-3H3,(H,15,16,17)(H,18,19,20). The van der Waals surface area contributed by atoms with Crippen molar-refractivity contribution >= 4 is 25.9 Å². The second-order valence-electron chi connectivity index (χ2n) is 5.66. The first-order chi connectivity index (χ1) is 9.84. The van der Waals surface area contributed by atoms with E-state index in [2.05, 4.69) is 6.58 Å². The average molecular weight is 347 g/mol. The predicted molar refractivity (Wildman–Crippen MR) is 82.2 cm³/mol. The highest BCUT2D eigenvalue weighted by Gasteiger charge is 2.39. The predicted octanol–water partition coefficient (Wildman–Crippen LogP) is 1.43. The third kappa shape index (κ3) is 3.02. The van der Waals surface area contributed by atoms with Crippen molar-refractivity contribution < 1.29 is 25.9 Å². The van der Waals surface area contributed by atoms with E-state index < -0.39 is 31.4 Å². The molecule has 0 unspecified atom stereocenters. The van der Waals surface area contributed by atoms with E-state index in [9.17, 15) is 16.8 Å². The Kier molecular flexibility index (Phi) is 3.89. The van der Waals surface area contributed by atoms with Gasteiger partial charge in [-0.05, 0) is 23.8 Å². The van der Waals surface area contributed by atoms with Crippen LogP contribution in [0.4, 0.5) is 5.69 Å². The first-order valence-electron chi connectivity index (χ1n) is 6.38. The zero-order valence-electron chi connectivity index (χ0n) is 12.1. The van der Waals surface area contributed by atoms with Crippen molar-refractivity contribution in [3.63, 3.8) is 0 Å². The van der Waals surface area contributed by atoms with Crippen LogP contribution in [0, 0.1) is 0 Å². The molecule has 1 aliphatic rings. The summed E-state index contributed by atoms with van der Waals surface area (Å²) in [7, 11) is -8.45. The van der Waals surface area contributed by atoms with Gasteiger partial charge in [-0.1, -0.05) is 20.4 Å². The molecule has 22 heavy (non-hydrogen) atoms. The van der Waals surface area contributed by atoms with Crippen molar-refractivity contribution in [3.8, 4) is 0 Å². The van der Waals surface area contributed by atoms with Crippen LogP contribution in [0.25, 0.3) is 0 Å². The molecule has 0 spiro atoms. The van der Waals surface area contributed by atoms with Gasteiger partial charge >= 0.3 is 0 Å². The molecule has 0 saturated carbocycles. The molecular formula is C13H17NO6S2. The number of anilines is 1. The lowest BCUT2D eigenvalue weighted by Gasteiger charge is -2.25. The van der Waals surface area contributed by atoms with Gasteiger partial charge in [0.15, 0.2) is 0 Å². The molecule has 0 aliphatic carbocycles. The fraction of sp³-hybridized carbons (Fsp3) is 0.385. The maximum atomic E-state index is 11.3. The molecule has 1 aromatic rings. The van der Waals surface area contributed by atoms with Gasteiger partial charge in [-0.2, -0.15) is 16.8 Å². The van der Waals surface area contributed by atoms with Crippen molar-refractivity contribution in [1.29, 1.82) is 0 Å². The van der Waals surface area contributed by atoms with Crippen molar-refractivity contribution in [3.05, 3.63) is 36.0 Å². The zero-order valence-corrected chi connectivity index (χ0v) is 13.8. The molecule has 1 heterocycles. The van der Waals surface area contributed by atoms with Crippen LogP contribution in [0.1, 0.15) is 19.4 Å². The molecule has 0 bridgehead atoms. The second-order valence-corrected chi connectivity index (χ2v) is 8.66. The number of nitrogens with zero attached hydrogens (tertiary/aromatic N) is 1. The average Bonchev–Trinajstić information content (AvgIpc) is 2.54. The molecule has 122 valence electrons. The number of allylic oxidation sites excluding steroid dienone is 1. The van der Waals surface area contributed by atoms with Crippen molar-refractivity contribution in [2.24, 2.45) is 0 Å². The Labute approximate surface area is 129 Å². The van der Waals surface area contributed by atoms with Crippen LogP contribution < -0.4 is 4.90 Å². The Morgan fingerprint density at radius 1 is 1.18 bits per heavy atom. The molecule has 0 fully saturated rings. The fourth-order valence-electron chi connectivity index (χ4n) is 2.51. The summed E-state index contributed by atoms with van der Waals surface area (Å²) in [5, 5.41) is 0. The lowest BCUT2D eigenvalue weighted by atomic mass is 9.84. The lowest BCUT2D eigenvalue weighted by molar-refractivity contribution is 0.480. The summed E-state index contributed by atoms with van der Waals surface area (Å²) in [5.41, 5.74) is 1.17. The van der Waals surface area contributed by atoms with Gasteiger partial charge in [-0.25, -0.2) is 0 Å². The zero-order chi connectivity index (χ0) is 16.9. The molecule has 7 nitrogen and oxygen atoms in total. The summed E-state index contributed by atoms with van der Waals surface area (Å²) in [5.74, 6) is -0.471. The van der Waals surface area contributed by atoms with Crippen LogP contribution in [0.2, 0.25) is 0 Å². The number of hydrogen-bond donors (Lipinski definition) is 2. The third-order valence-corrected chi connectivity index (χ3v) is 5.40. The summed E-state index contributed by atoms with van der Waals surface area (Å²) < 4.78 is 62.5. The molecule has 1 aromatic carbocycles. The highest BCUT2D eigenvalue weighted by atomic mass is 32.2. The van der Waals surface area contributed by atoms with Crippen molar-refractivity contribution in [2.45, 2.75) is 24.2 Å². The molecule has 0 amide bonds. The van der Waals surface area contributed by atoms with Gasteiger partial charge in [0.1, 0.15) is 0 Å². The van der Waals surface area contributed by atoms with Crippen LogP contribution in [0.15, 0.2) is 35.4 Å². The van der Waals surface area contributed by atoms with Crippen molar-refractivity contribution in [2.75, 3.05) is 17.2 Å². The highest BCUT2D eigenvalue weighted by molar-refractivity contribution is 7.86. The topological polar surface area (TPSA) is 112 Å². The number of hydrogen-bond acceptors (Lipinski definition) is 5. The Morgan fingerprint density at radius 3 is 2.27 bits per heavy atom. The quantitative estimate of drug-likeness (QED) is 0.792. The van der Waals surface area contributed by atoms with E-state index in [1.807, 2.05) is 13.8 Å². The molecule has 0 aromatic heterocycles. The number of fused-ring (bicyclic) bond motifs is 1. The van der Waals surface area contributed by atoms with E-state index in [1.54, 1.807) is 4.90 Å². The van der Waals surface area contributed by atoms with E-state index in [-0.39, 0.29) is 11.4 Å². The van der Waals surface area contributed by atoms with E-state index >= 15 is 0 Å². The normalized spacial score (nSPS) is 17.6. The van der Waals surface area contributed by atoms with Crippen LogP contribution >= 0.6 is 0 Å². The van der Waals surface area contributed by atoms with Gasteiger partial charge in [-0.3, -0.25) is 9.11 Å². The number of benzene rings is 1. The summed E-state index contributed by atoms with van der Waals surface area (Å²) in [6, 6.07) is 4.08. The fourth-order valence-corrected chi connectivity index (χ4v) is 3.43. The van der Waals surface area contributed by atoms with Gasteiger partial charge in [-0.15, -0.1) is 0 Å². The molecule has 0 atom stereocenters. The van der Waals surface area contributed by atoms with Crippen LogP contribution in [-0.4, -0.2) is 38.2 Å². The van der Waals surface area contributed by atoms with Gasteiger partial charge in [0.2, 0.25) is 0 Å². The Hall–Kier alpha value is -1.42. The second kappa shape index (κ2) is 5.05. The van der Waals surface area contributed by atoms with Gasteiger partial charge in [0.25, 0.3) is 20.2 Å². The maximum Gasteiger partial charge on any atom is 0.294 e. The largest absolute Gasteiger partial charge is 0.343 e. The van der Waals surface area contributed by atoms with Gasteiger partial charge in [0, 0.05) is 23.3 Å². The SMILES string of the molecule is C=C1N(CCS(=O)(=O)O)c2ccc(S(=O)(=O)O)cc2C1(C)C. The summed E-state index contributed by atoms with van der Waals surface area (Å²) in [6.07, 6.45) is 0. The number of rotatable bonds is 4. The third-order valence-electron chi connectivity index (χ3n) is 3.85. The summed E-state index contributed by atoms with van der Waals surface area (Å²) >= 11 is 0. The van der Waals surface area contributed by atoms with Crippen LogP contribution in [-0.2, 0) is 25.7 Å². The molecule has 0 radical (unpaired) electrons. The molecule has 1 aliphatic heterocycles. The van der Waals surface area contributed by atoms with E-state index in [1.165, 1.54) is 18.2 Å². The first-order valence-corrected chi connectivity index (χ1v) is 9.43. The first kappa shape index (κ1) is 16.9. The van der Waals surface area contributed by atoms with Gasteiger partial charge in [0.05, 0.1) is 10.6 Å². The minimum absolute atomic E-state index is 0.000676. The molecule has 2 N–H and O–H groups in total. The van der Waals surface area contributed by atoms with E-state index in [0.29, 0.717) is 16.9 Å². The summed E-state index contributed by atoms with van der Waals surface area (Å²) in [6.45, 7) is 7.56. The maximum absolute atomic E-state index is 11.3. The van der Waals surface area contributed by atoms with Crippen LogP contribution in [0.3, 0.4) is 0 Å². The Bertz CT molecular complexity index is 839. The lowest BCUT2D eigenvalue weighted by Crippen LogP contribution is -2.29. The van der Waals surface area contributed by atoms with E-state index in [4.69, 9.17) is 9.11 Å². The molecule has 9 heteroatoms. The van der Waals surface area contributed by atoms with Crippen molar-refractivity contribution in [1.82, 2.24) is 0 Å². The Morgan fingerprint density at radius 2 is 1.77 bits per heavy atom. The highest BCUT2D eigenvalue weighted by Crippen LogP contribution is 2.47. The minimum Gasteiger partial charge on any atom is -0.343 e. The Balaban J connectivity index is 2.51.